The zero-order chi connectivity index (χ0) is 19.2. The number of nitrogens with zero attached hydrogens (tertiary/aromatic N) is 3. The number of rotatable bonds is 2. The van der Waals surface area contributed by atoms with Crippen molar-refractivity contribution in [1.82, 2.24) is 15.3 Å². The molecule has 0 spiro atoms. The molecule has 0 radical (unpaired) electrons. The molecule has 1 aliphatic carbocycles. The standard InChI is InChI=1S/C20H28N4O2S/c1-12-10-13(23-19(25)26-20(2,3)4)8-9-24(12)17-16-14-6-5-7-15(14)27-18(16)22-11-21-17/h11-13H,5-10H2,1-4H3,(H,23,25). The number of hydrogen-bond donors (Lipinski definition) is 1. The number of ether oxygens (including phenoxy) is 1. The van der Waals surface area contributed by atoms with E-state index in [1.54, 1.807) is 6.33 Å². The van der Waals surface area contributed by atoms with Crippen molar-refractivity contribution in [1.29, 1.82) is 0 Å². The number of aryl methyl sites for hydroxylation is 2. The smallest absolute Gasteiger partial charge is 0.407 e. The van der Waals surface area contributed by atoms with Crippen LogP contribution in [0.4, 0.5) is 10.6 Å². The maximum atomic E-state index is 12.1. The van der Waals surface area contributed by atoms with Crippen LogP contribution in [0.1, 0.15) is 57.4 Å². The number of hydrogen-bond acceptors (Lipinski definition) is 6. The summed E-state index contributed by atoms with van der Waals surface area (Å²) in [5, 5.41) is 4.30. The summed E-state index contributed by atoms with van der Waals surface area (Å²) >= 11 is 1.83. The second-order valence-corrected chi connectivity index (χ2v) is 9.73. The largest absolute Gasteiger partial charge is 0.444 e. The minimum atomic E-state index is -0.470. The zero-order valence-electron chi connectivity index (χ0n) is 16.5. The maximum Gasteiger partial charge on any atom is 0.407 e. The van der Waals surface area contributed by atoms with Crippen LogP contribution >= 0.6 is 11.3 Å². The maximum absolute atomic E-state index is 12.1. The summed E-state index contributed by atoms with van der Waals surface area (Å²) in [5.41, 5.74) is 0.995. The lowest BCUT2D eigenvalue weighted by atomic mass is 9.98. The van der Waals surface area contributed by atoms with Gasteiger partial charge in [-0.2, -0.15) is 0 Å². The van der Waals surface area contributed by atoms with Gasteiger partial charge in [0.05, 0.1) is 5.39 Å². The monoisotopic (exact) mass is 388 g/mol. The molecule has 2 atom stereocenters. The van der Waals surface area contributed by atoms with E-state index in [0.29, 0.717) is 6.04 Å². The number of alkyl carbamates (subject to hydrolysis) is 1. The van der Waals surface area contributed by atoms with E-state index < -0.39 is 5.60 Å². The third-order valence-corrected chi connectivity index (χ3v) is 6.55. The minimum absolute atomic E-state index is 0.136. The van der Waals surface area contributed by atoms with E-state index in [-0.39, 0.29) is 12.1 Å². The van der Waals surface area contributed by atoms with Crippen molar-refractivity contribution in [3.8, 4) is 0 Å². The number of fused-ring (bicyclic) bond motifs is 3. The SMILES string of the molecule is CC1CC(NC(=O)OC(C)(C)C)CCN1c1ncnc2sc3c(c12)CCC3. The van der Waals surface area contributed by atoms with Gasteiger partial charge in [0.1, 0.15) is 22.6 Å². The first-order chi connectivity index (χ1) is 12.8. The number of amides is 1. The average molecular weight is 389 g/mol. The van der Waals surface area contributed by atoms with E-state index >= 15 is 0 Å². The number of carbonyl (C=O) groups excluding carboxylic acids is 1. The summed E-state index contributed by atoms with van der Waals surface area (Å²) in [6.45, 7) is 8.74. The van der Waals surface area contributed by atoms with E-state index in [0.717, 1.165) is 36.5 Å². The molecular weight excluding hydrogens is 360 g/mol. The van der Waals surface area contributed by atoms with Crippen molar-refractivity contribution < 1.29 is 9.53 Å². The van der Waals surface area contributed by atoms with Crippen LogP contribution in [-0.4, -0.2) is 40.3 Å². The molecule has 1 fully saturated rings. The molecule has 2 unspecified atom stereocenters. The number of nitrogens with one attached hydrogen (secondary N) is 1. The Bertz CT molecular complexity index is 858. The fourth-order valence-corrected chi connectivity index (χ4v) is 5.45. The van der Waals surface area contributed by atoms with Gasteiger partial charge in [0.15, 0.2) is 0 Å². The molecule has 1 amide bonds. The van der Waals surface area contributed by atoms with Gasteiger partial charge in [-0.15, -0.1) is 11.3 Å². The van der Waals surface area contributed by atoms with Gasteiger partial charge in [-0.1, -0.05) is 0 Å². The quantitative estimate of drug-likeness (QED) is 0.840. The van der Waals surface area contributed by atoms with Crippen molar-refractivity contribution in [2.24, 2.45) is 0 Å². The van der Waals surface area contributed by atoms with Crippen molar-refractivity contribution >= 4 is 33.5 Å². The van der Waals surface area contributed by atoms with Crippen LogP contribution in [0.3, 0.4) is 0 Å². The Hall–Kier alpha value is -1.89. The lowest BCUT2D eigenvalue weighted by molar-refractivity contribution is 0.0494. The van der Waals surface area contributed by atoms with Crippen LogP contribution in [0, 0.1) is 0 Å². The molecule has 1 N–H and O–H groups in total. The number of aromatic nitrogens is 2. The third kappa shape index (κ3) is 3.74. The van der Waals surface area contributed by atoms with E-state index in [9.17, 15) is 4.79 Å². The predicted molar refractivity (Wildman–Crippen MR) is 109 cm³/mol. The number of piperidine rings is 1. The topological polar surface area (TPSA) is 67.3 Å². The Kier molecular flexibility index (Phi) is 4.74. The zero-order valence-corrected chi connectivity index (χ0v) is 17.4. The van der Waals surface area contributed by atoms with Gasteiger partial charge in [0, 0.05) is 23.5 Å². The van der Waals surface area contributed by atoms with Crippen LogP contribution in [-0.2, 0) is 17.6 Å². The first kappa shape index (κ1) is 18.5. The highest BCUT2D eigenvalue weighted by molar-refractivity contribution is 7.19. The molecule has 146 valence electrons. The van der Waals surface area contributed by atoms with Gasteiger partial charge < -0.3 is 15.0 Å². The molecule has 27 heavy (non-hydrogen) atoms. The highest BCUT2D eigenvalue weighted by atomic mass is 32.1. The first-order valence-corrected chi connectivity index (χ1v) is 10.6. The highest BCUT2D eigenvalue weighted by Gasteiger charge is 2.31. The van der Waals surface area contributed by atoms with Crippen LogP contribution < -0.4 is 10.2 Å². The summed E-state index contributed by atoms with van der Waals surface area (Å²) in [6, 6.07) is 0.436. The summed E-state index contributed by atoms with van der Waals surface area (Å²) in [5.74, 6) is 1.07. The van der Waals surface area contributed by atoms with Crippen LogP contribution in [0.2, 0.25) is 0 Å². The van der Waals surface area contributed by atoms with Gasteiger partial charge in [0.2, 0.25) is 0 Å². The van der Waals surface area contributed by atoms with E-state index in [1.807, 2.05) is 32.1 Å². The second kappa shape index (κ2) is 6.93. The number of anilines is 1. The molecule has 2 aromatic rings. The van der Waals surface area contributed by atoms with Gasteiger partial charge >= 0.3 is 6.09 Å². The van der Waals surface area contributed by atoms with Crippen LogP contribution in [0.25, 0.3) is 10.2 Å². The molecule has 0 aromatic carbocycles. The lowest BCUT2D eigenvalue weighted by Crippen LogP contribution is -2.50. The fraction of sp³-hybridized carbons (Fsp3) is 0.650. The Morgan fingerprint density at radius 1 is 1.33 bits per heavy atom. The highest BCUT2D eigenvalue weighted by Crippen LogP contribution is 2.41. The van der Waals surface area contributed by atoms with Crippen molar-refractivity contribution in [3.63, 3.8) is 0 Å². The molecule has 1 saturated heterocycles. The molecule has 2 aliphatic rings. The Morgan fingerprint density at radius 3 is 2.89 bits per heavy atom. The molecule has 3 heterocycles. The van der Waals surface area contributed by atoms with Gasteiger partial charge in [0.25, 0.3) is 0 Å². The second-order valence-electron chi connectivity index (χ2n) is 8.64. The lowest BCUT2D eigenvalue weighted by Gasteiger charge is -2.39. The van der Waals surface area contributed by atoms with E-state index in [2.05, 4.69) is 27.1 Å². The van der Waals surface area contributed by atoms with Crippen molar-refractivity contribution in [2.75, 3.05) is 11.4 Å². The summed E-state index contributed by atoms with van der Waals surface area (Å²) in [6.07, 6.45) is 6.70. The Morgan fingerprint density at radius 2 is 2.15 bits per heavy atom. The summed E-state index contributed by atoms with van der Waals surface area (Å²) in [4.78, 5) is 26.3. The molecular formula is C20H28N4O2S. The van der Waals surface area contributed by atoms with Gasteiger partial charge in [-0.25, -0.2) is 14.8 Å². The molecule has 6 nitrogen and oxygen atoms in total. The summed E-state index contributed by atoms with van der Waals surface area (Å²) in [7, 11) is 0. The summed E-state index contributed by atoms with van der Waals surface area (Å²) < 4.78 is 5.40. The van der Waals surface area contributed by atoms with Crippen LogP contribution in [0.5, 0.6) is 0 Å². The van der Waals surface area contributed by atoms with Crippen molar-refractivity contribution in [2.45, 2.75) is 77.5 Å². The molecule has 2 aromatic heterocycles. The minimum Gasteiger partial charge on any atom is -0.444 e. The molecule has 4 rings (SSSR count). The third-order valence-electron chi connectivity index (χ3n) is 5.35. The molecule has 0 bridgehead atoms. The fourth-order valence-electron chi connectivity index (χ4n) is 4.22. The first-order valence-electron chi connectivity index (χ1n) is 9.83. The Balaban J connectivity index is 1.50. The van der Waals surface area contributed by atoms with Crippen LogP contribution in [0.15, 0.2) is 6.33 Å². The Labute approximate surface area is 164 Å². The predicted octanol–water partition coefficient (Wildman–Crippen LogP) is 4.06. The van der Waals surface area contributed by atoms with E-state index in [4.69, 9.17) is 4.74 Å². The van der Waals surface area contributed by atoms with Gasteiger partial charge in [-0.05, 0) is 65.4 Å². The molecule has 1 aliphatic heterocycles. The normalized spacial score (nSPS) is 22.7. The average Bonchev–Trinajstić information content (AvgIpc) is 3.13. The van der Waals surface area contributed by atoms with Gasteiger partial charge in [-0.3, -0.25) is 0 Å². The number of thiophene rings is 1. The number of carbonyl (C=O) groups is 1. The molecule has 7 heteroatoms. The molecule has 0 saturated carbocycles. The van der Waals surface area contributed by atoms with Crippen molar-refractivity contribution in [3.05, 3.63) is 16.8 Å². The van der Waals surface area contributed by atoms with E-state index in [1.165, 1.54) is 28.7 Å².